The zero-order chi connectivity index (χ0) is 20.7. The van der Waals surface area contributed by atoms with Crippen molar-refractivity contribution < 1.29 is 17.8 Å². The maximum Gasteiger partial charge on any atom is 0.284 e. The normalized spacial score (nSPS) is 11.9. The Labute approximate surface area is 160 Å². The van der Waals surface area contributed by atoms with E-state index < -0.39 is 15.9 Å². The summed E-state index contributed by atoms with van der Waals surface area (Å²) < 4.78 is 27.7. The van der Waals surface area contributed by atoms with Gasteiger partial charge in [0, 0.05) is 20.1 Å². The van der Waals surface area contributed by atoms with E-state index in [0.717, 1.165) is 0 Å². The third-order valence-electron chi connectivity index (χ3n) is 3.25. The molecule has 154 valence electrons. The molecule has 2 aromatic rings. The van der Waals surface area contributed by atoms with Gasteiger partial charge in [-0.05, 0) is 6.92 Å². The van der Waals surface area contributed by atoms with Crippen LogP contribution in [0.5, 0.6) is 0 Å². The Bertz CT molecular complexity index is 943. The number of aliphatic hydroxyl groups is 1. The van der Waals surface area contributed by atoms with Crippen molar-refractivity contribution in [3.63, 3.8) is 0 Å². The maximum absolute atomic E-state index is 11.3. The van der Waals surface area contributed by atoms with Crippen molar-refractivity contribution in [3.05, 3.63) is 5.69 Å². The van der Waals surface area contributed by atoms with Crippen LogP contribution in [0.1, 0.15) is 5.69 Å². The van der Waals surface area contributed by atoms with E-state index >= 15 is 0 Å². The molecule has 0 aromatic carbocycles. The molecule has 0 spiro atoms. The number of nitrogen functional groups attached to an aromatic ring is 1. The van der Waals surface area contributed by atoms with Gasteiger partial charge in [0.15, 0.2) is 11.5 Å². The minimum atomic E-state index is -3.86. The van der Waals surface area contributed by atoms with Crippen molar-refractivity contribution in [2.24, 2.45) is 16.1 Å². The van der Waals surface area contributed by atoms with E-state index in [1.54, 1.807) is 6.92 Å². The Kier molecular flexibility index (Phi) is 7.10. The molecule has 7 N–H and O–H groups in total. The fraction of sp³-hybridized carbons (Fsp3) is 0.500. The van der Waals surface area contributed by atoms with Crippen LogP contribution >= 0.6 is 0 Å². The highest BCUT2D eigenvalue weighted by Gasteiger charge is 2.18. The number of hydrogen-bond donors (Lipinski definition) is 5. The first-order chi connectivity index (χ1) is 13.3. The molecular weight excluding hydrogens is 394 g/mol. The molecule has 2 heterocycles. The van der Waals surface area contributed by atoms with Gasteiger partial charge < -0.3 is 21.5 Å². The van der Waals surface area contributed by atoms with Crippen molar-refractivity contribution in [2.45, 2.75) is 6.92 Å². The molecule has 0 amide bonds. The number of aryl methyl sites for hydroxylation is 1. The second-order valence-corrected chi connectivity index (χ2v) is 6.96. The molecular formula is C12H21N11O4S. The Morgan fingerprint density at radius 2 is 1.86 bits per heavy atom. The first-order valence-corrected chi connectivity index (χ1v) is 9.50. The lowest BCUT2D eigenvalue weighted by Gasteiger charge is -2.10. The van der Waals surface area contributed by atoms with Gasteiger partial charge in [-0.15, -0.1) is 0 Å². The lowest BCUT2D eigenvalue weighted by atomic mass is 10.4. The molecule has 0 radical (unpaired) electrons. The molecule has 0 aliphatic carbocycles. The summed E-state index contributed by atoms with van der Waals surface area (Å²) in [6.45, 7) is 1.65. The molecule has 0 aliphatic heterocycles. The van der Waals surface area contributed by atoms with E-state index in [4.69, 9.17) is 10.8 Å². The first-order valence-electron chi connectivity index (χ1n) is 7.92. The number of nitrogens with one attached hydrogen (secondary N) is 2. The second kappa shape index (κ2) is 9.31. The van der Waals surface area contributed by atoms with Crippen molar-refractivity contribution in [2.75, 3.05) is 48.9 Å². The number of anilines is 3. The van der Waals surface area contributed by atoms with Gasteiger partial charge >= 0.3 is 0 Å². The highest BCUT2D eigenvalue weighted by atomic mass is 32.2. The van der Waals surface area contributed by atoms with Crippen LogP contribution in [0.25, 0.3) is 5.95 Å². The summed E-state index contributed by atoms with van der Waals surface area (Å²) in [4.78, 5) is 12.5. The fourth-order valence-corrected chi connectivity index (χ4v) is 2.48. The van der Waals surface area contributed by atoms with Gasteiger partial charge in [-0.1, -0.05) is 0 Å². The fourth-order valence-electron chi connectivity index (χ4n) is 2.03. The van der Waals surface area contributed by atoms with Gasteiger partial charge in [0.1, 0.15) is 0 Å². The van der Waals surface area contributed by atoms with Gasteiger partial charge in [0.2, 0.25) is 11.9 Å². The van der Waals surface area contributed by atoms with Crippen molar-refractivity contribution in [1.82, 2.24) is 24.7 Å². The highest BCUT2D eigenvalue weighted by Crippen LogP contribution is 2.28. The SMILES string of the molecule is CN=Nc1c(C)nn(-c2nc(NCCO)nc(NCCS(=O)(=O)ON)n2)c1N. The number of rotatable bonds is 10. The van der Waals surface area contributed by atoms with Crippen LogP contribution in [0.15, 0.2) is 10.2 Å². The highest BCUT2D eigenvalue weighted by molar-refractivity contribution is 7.86. The quantitative estimate of drug-likeness (QED) is 0.225. The molecule has 0 bridgehead atoms. The van der Waals surface area contributed by atoms with E-state index in [1.165, 1.54) is 11.7 Å². The zero-order valence-corrected chi connectivity index (χ0v) is 16.0. The Morgan fingerprint density at radius 3 is 2.43 bits per heavy atom. The summed E-state index contributed by atoms with van der Waals surface area (Å²) in [6.07, 6.45) is 0. The standard InChI is InChI=1S/C12H21N11O4S/c1-7-8(21-15-2)9(13)23(22-7)12-19-10(16-3-5-24)18-11(20-12)17-4-6-28(25,26)27-14/h24H,3-6,13-14H2,1-2H3,(H2,16,17,18,19,20). The van der Waals surface area contributed by atoms with Crippen molar-refractivity contribution >= 4 is 33.5 Å². The molecule has 2 rings (SSSR count). The molecule has 15 nitrogen and oxygen atoms in total. The summed E-state index contributed by atoms with van der Waals surface area (Å²) in [5.41, 5.74) is 6.93. The van der Waals surface area contributed by atoms with Gasteiger partial charge in [-0.3, -0.25) is 0 Å². The summed E-state index contributed by atoms with van der Waals surface area (Å²) in [6, 6.07) is 0. The summed E-state index contributed by atoms with van der Waals surface area (Å²) in [5, 5.41) is 26.3. The van der Waals surface area contributed by atoms with Crippen LogP contribution in [0.4, 0.5) is 23.4 Å². The zero-order valence-electron chi connectivity index (χ0n) is 15.2. The average molecular weight is 415 g/mol. The molecule has 28 heavy (non-hydrogen) atoms. The Hall–Kier alpha value is -2.95. The summed E-state index contributed by atoms with van der Waals surface area (Å²) in [5.74, 6) is 4.65. The topological polar surface area (TPSA) is 221 Å². The maximum atomic E-state index is 11.3. The number of aromatic nitrogens is 5. The van der Waals surface area contributed by atoms with Crippen LogP contribution in [0.3, 0.4) is 0 Å². The van der Waals surface area contributed by atoms with Crippen LogP contribution in [-0.4, -0.2) is 70.8 Å². The minimum absolute atomic E-state index is 0.0453. The van der Waals surface area contributed by atoms with Crippen molar-refractivity contribution in [3.8, 4) is 5.95 Å². The summed E-state index contributed by atoms with van der Waals surface area (Å²) >= 11 is 0. The van der Waals surface area contributed by atoms with Crippen LogP contribution in [0.2, 0.25) is 0 Å². The van der Waals surface area contributed by atoms with Crippen LogP contribution in [0, 0.1) is 6.92 Å². The number of nitrogens with two attached hydrogens (primary N) is 2. The van der Waals surface area contributed by atoms with E-state index in [1.807, 2.05) is 0 Å². The van der Waals surface area contributed by atoms with Crippen LogP contribution < -0.4 is 22.3 Å². The molecule has 0 aliphatic rings. The third kappa shape index (κ3) is 5.28. The van der Waals surface area contributed by atoms with Gasteiger partial charge in [-0.2, -0.15) is 53.6 Å². The first kappa shape index (κ1) is 21.4. The molecule has 0 saturated carbocycles. The second-order valence-electron chi connectivity index (χ2n) is 5.25. The van der Waals surface area contributed by atoms with E-state index in [0.29, 0.717) is 11.4 Å². The lowest BCUT2D eigenvalue weighted by molar-refractivity contribution is 0.310. The van der Waals surface area contributed by atoms with E-state index in [-0.39, 0.29) is 43.4 Å². The smallest absolute Gasteiger partial charge is 0.284 e. The van der Waals surface area contributed by atoms with E-state index in [9.17, 15) is 8.42 Å². The van der Waals surface area contributed by atoms with Crippen LogP contribution in [-0.2, 0) is 14.4 Å². The molecule has 0 fully saturated rings. The molecule has 2 aromatic heterocycles. The predicted octanol–water partition coefficient (Wildman–Crippen LogP) is -1.30. The van der Waals surface area contributed by atoms with Crippen molar-refractivity contribution in [1.29, 1.82) is 0 Å². The Balaban J connectivity index is 2.37. The Morgan fingerprint density at radius 1 is 1.21 bits per heavy atom. The monoisotopic (exact) mass is 415 g/mol. The molecule has 0 unspecified atom stereocenters. The largest absolute Gasteiger partial charge is 0.395 e. The third-order valence-corrected chi connectivity index (χ3v) is 4.25. The van der Waals surface area contributed by atoms with Gasteiger partial charge in [0.05, 0.1) is 18.1 Å². The molecule has 16 heteroatoms. The van der Waals surface area contributed by atoms with Gasteiger partial charge in [-0.25, -0.2) is 0 Å². The van der Waals surface area contributed by atoms with E-state index in [2.05, 4.69) is 51.1 Å². The van der Waals surface area contributed by atoms with Gasteiger partial charge in [0.25, 0.3) is 16.1 Å². The number of aliphatic hydroxyl groups excluding tert-OH is 1. The molecule has 0 atom stereocenters. The minimum Gasteiger partial charge on any atom is -0.395 e. The number of nitrogens with zero attached hydrogens (tertiary/aromatic N) is 7. The number of azo groups is 1. The summed E-state index contributed by atoms with van der Waals surface area (Å²) in [7, 11) is -2.36. The number of hydrogen-bond acceptors (Lipinski definition) is 14. The predicted molar refractivity (Wildman–Crippen MR) is 99.7 cm³/mol. The lowest BCUT2D eigenvalue weighted by Crippen LogP contribution is -2.22. The average Bonchev–Trinajstić information content (AvgIpc) is 2.95. The molecule has 0 saturated heterocycles.